The number of carbonyl (C=O) groups excluding carboxylic acids is 1. The van der Waals surface area contributed by atoms with Crippen LogP contribution in [0.4, 0.5) is 5.69 Å². The van der Waals surface area contributed by atoms with Gasteiger partial charge >= 0.3 is 0 Å². The first-order valence-corrected chi connectivity index (χ1v) is 9.95. The van der Waals surface area contributed by atoms with Crippen LogP contribution in [0.15, 0.2) is 47.8 Å². The minimum atomic E-state index is 0.0611. The van der Waals surface area contributed by atoms with Crippen LogP contribution >= 0.6 is 0 Å². The van der Waals surface area contributed by atoms with E-state index in [-0.39, 0.29) is 5.91 Å². The summed E-state index contributed by atoms with van der Waals surface area (Å²) < 4.78 is 1.71. The van der Waals surface area contributed by atoms with Gasteiger partial charge in [0.1, 0.15) is 6.54 Å². The van der Waals surface area contributed by atoms with Gasteiger partial charge in [-0.2, -0.15) is 5.10 Å². The van der Waals surface area contributed by atoms with Crippen LogP contribution in [-0.2, 0) is 18.3 Å². The summed E-state index contributed by atoms with van der Waals surface area (Å²) in [6, 6.07) is 8.37. The van der Waals surface area contributed by atoms with E-state index in [0.29, 0.717) is 13.1 Å². The van der Waals surface area contributed by atoms with Gasteiger partial charge in [0.05, 0.1) is 11.9 Å². The van der Waals surface area contributed by atoms with Crippen LogP contribution in [0.3, 0.4) is 0 Å². The van der Waals surface area contributed by atoms with Crippen molar-refractivity contribution >= 4 is 28.5 Å². The van der Waals surface area contributed by atoms with Crippen molar-refractivity contribution in [3.63, 3.8) is 0 Å². The predicted molar refractivity (Wildman–Crippen MR) is 115 cm³/mol. The first-order valence-electron chi connectivity index (χ1n) is 9.95. The number of hydrogen-bond acceptors (Lipinski definition) is 3. The van der Waals surface area contributed by atoms with E-state index in [1.54, 1.807) is 22.8 Å². The Bertz CT molecular complexity index is 1020. The highest BCUT2D eigenvalue weighted by molar-refractivity contribution is 5.98. The van der Waals surface area contributed by atoms with Crippen molar-refractivity contribution in [2.75, 3.05) is 38.1 Å². The highest BCUT2D eigenvalue weighted by Gasteiger charge is 2.27. The number of aromatic amines is 1. The smallest absolute Gasteiger partial charge is 0.246 e. The van der Waals surface area contributed by atoms with Crippen molar-refractivity contribution in [3.05, 3.63) is 48.4 Å². The van der Waals surface area contributed by atoms with Crippen molar-refractivity contribution in [2.45, 2.75) is 12.8 Å². The van der Waals surface area contributed by atoms with Gasteiger partial charge in [-0.25, -0.2) is 0 Å². The van der Waals surface area contributed by atoms with Gasteiger partial charge < -0.3 is 20.1 Å². The molecule has 1 aromatic carbocycles. The van der Waals surface area contributed by atoms with E-state index in [2.05, 4.69) is 44.8 Å². The minimum Gasteiger partial charge on any atom is -0.361 e. The van der Waals surface area contributed by atoms with Crippen LogP contribution in [-0.4, -0.2) is 64.8 Å². The highest BCUT2D eigenvalue weighted by Crippen LogP contribution is 2.19. The summed E-state index contributed by atoms with van der Waals surface area (Å²) in [6.45, 7) is 2.49. The molecule has 0 saturated carbocycles. The van der Waals surface area contributed by atoms with Crippen LogP contribution in [0.2, 0.25) is 0 Å². The summed E-state index contributed by atoms with van der Waals surface area (Å²) in [5, 5.41) is 8.85. The van der Waals surface area contributed by atoms with Crippen LogP contribution in [0.5, 0.6) is 0 Å². The zero-order valence-corrected chi connectivity index (χ0v) is 16.9. The van der Waals surface area contributed by atoms with Crippen LogP contribution < -0.4 is 10.2 Å². The molecule has 1 aliphatic heterocycles. The molecular formula is C21H27N7O. The summed E-state index contributed by atoms with van der Waals surface area (Å²) in [6.07, 6.45) is 7.67. The number of carbonyl (C=O) groups is 1. The first kappa shape index (κ1) is 19.0. The lowest BCUT2D eigenvalue weighted by atomic mass is 10.1. The number of H-pyrrole nitrogens is 1. The molecule has 0 unspecified atom stereocenters. The molecule has 0 radical (unpaired) electrons. The molecule has 3 heterocycles. The standard InChI is InChI=1S/C21H27N7O/c1-22-21(23-9-5-6-16-12-24-19-8-4-3-7-18(16)19)27-10-11-28(20(29)15-27)17-13-25-26(2)14-17/h3-4,7-8,12-14,24H,5-6,9-11,15H2,1-2H3,(H,22,23). The maximum Gasteiger partial charge on any atom is 0.246 e. The first-order chi connectivity index (χ1) is 14.2. The fraction of sp³-hybridized carbons (Fsp3) is 0.381. The number of piperazine rings is 1. The number of rotatable bonds is 5. The lowest BCUT2D eigenvalue weighted by molar-refractivity contribution is -0.120. The van der Waals surface area contributed by atoms with Crippen molar-refractivity contribution in [2.24, 2.45) is 12.0 Å². The average molecular weight is 393 g/mol. The SMILES string of the molecule is CN=C(NCCCc1c[nH]c2ccccc12)N1CCN(c2cnn(C)c2)C(=O)C1. The van der Waals surface area contributed by atoms with Gasteiger partial charge in [-0.05, 0) is 24.5 Å². The summed E-state index contributed by atoms with van der Waals surface area (Å²) in [4.78, 5) is 24.1. The molecule has 0 bridgehead atoms. The number of hydrogen-bond donors (Lipinski definition) is 2. The zero-order chi connectivity index (χ0) is 20.2. The predicted octanol–water partition coefficient (Wildman–Crippen LogP) is 1.76. The molecule has 2 aromatic heterocycles. The van der Waals surface area contributed by atoms with Gasteiger partial charge in [0.15, 0.2) is 5.96 Å². The maximum atomic E-state index is 12.6. The Labute approximate surface area is 170 Å². The molecule has 1 saturated heterocycles. The number of para-hydroxylation sites is 1. The molecule has 1 fully saturated rings. The molecule has 29 heavy (non-hydrogen) atoms. The number of aromatic nitrogens is 3. The highest BCUT2D eigenvalue weighted by atomic mass is 16.2. The molecule has 0 spiro atoms. The van der Waals surface area contributed by atoms with Gasteiger partial charge in [-0.1, -0.05) is 18.2 Å². The topological polar surface area (TPSA) is 81.6 Å². The molecule has 8 nitrogen and oxygen atoms in total. The number of anilines is 1. The normalized spacial score (nSPS) is 15.4. The fourth-order valence-corrected chi connectivity index (χ4v) is 3.82. The van der Waals surface area contributed by atoms with Crippen LogP contribution in [0.25, 0.3) is 10.9 Å². The van der Waals surface area contributed by atoms with E-state index >= 15 is 0 Å². The Balaban J connectivity index is 1.28. The number of nitrogens with one attached hydrogen (secondary N) is 2. The lowest BCUT2D eigenvalue weighted by Crippen LogP contribution is -2.55. The average Bonchev–Trinajstić information content (AvgIpc) is 3.34. The summed E-state index contributed by atoms with van der Waals surface area (Å²) >= 11 is 0. The molecule has 0 aliphatic carbocycles. The van der Waals surface area contributed by atoms with E-state index in [9.17, 15) is 4.79 Å². The molecule has 152 valence electrons. The Morgan fingerprint density at radius 1 is 1.31 bits per heavy atom. The molecular weight excluding hydrogens is 366 g/mol. The third-order valence-electron chi connectivity index (χ3n) is 5.32. The number of amides is 1. The molecule has 4 rings (SSSR count). The third-order valence-corrected chi connectivity index (χ3v) is 5.32. The van der Waals surface area contributed by atoms with E-state index < -0.39 is 0 Å². The quantitative estimate of drug-likeness (QED) is 0.393. The summed E-state index contributed by atoms with van der Waals surface area (Å²) in [5.41, 5.74) is 3.35. The van der Waals surface area contributed by atoms with Crippen molar-refractivity contribution in [1.29, 1.82) is 0 Å². The minimum absolute atomic E-state index is 0.0611. The summed E-state index contributed by atoms with van der Waals surface area (Å²) in [5.74, 6) is 0.842. The van der Waals surface area contributed by atoms with E-state index in [0.717, 1.165) is 37.6 Å². The second-order valence-electron chi connectivity index (χ2n) is 7.28. The van der Waals surface area contributed by atoms with Gasteiger partial charge in [-0.15, -0.1) is 0 Å². The molecule has 1 amide bonds. The van der Waals surface area contributed by atoms with Crippen LogP contribution in [0, 0.1) is 0 Å². The zero-order valence-electron chi connectivity index (χ0n) is 16.9. The second-order valence-corrected chi connectivity index (χ2v) is 7.28. The number of nitrogens with zero attached hydrogens (tertiary/aromatic N) is 5. The van der Waals surface area contributed by atoms with Gasteiger partial charge in [0, 0.05) is 57.0 Å². The molecule has 8 heteroatoms. The van der Waals surface area contributed by atoms with Gasteiger partial charge in [0.25, 0.3) is 0 Å². The molecule has 2 N–H and O–H groups in total. The largest absolute Gasteiger partial charge is 0.361 e. The van der Waals surface area contributed by atoms with Crippen molar-refractivity contribution in [1.82, 2.24) is 25.0 Å². The van der Waals surface area contributed by atoms with Crippen molar-refractivity contribution in [3.8, 4) is 0 Å². The Morgan fingerprint density at radius 2 is 2.17 bits per heavy atom. The molecule has 0 atom stereocenters. The van der Waals surface area contributed by atoms with E-state index in [1.165, 1.54) is 16.5 Å². The van der Waals surface area contributed by atoms with Gasteiger partial charge in [0.2, 0.25) is 5.91 Å². The molecule has 3 aromatic rings. The maximum absolute atomic E-state index is 12.6. The number of benzene rings is 1. The molecule has 1 aliphatic rings. The summed E-state index contributed by atoms with van der Waals surface area (Å²) in [7, 11) is 3.62. The van der Waals surface area contributed by atoms with Gasteiger partial charge in [-0.3, -0.25) is 14.5 Å². The van der Waals surface area contributed by atoms with Crippen LogP contribution in [0.1, 0.15) is 12.0 Å². The third kappa shape index (κ3) is 4.11. The number of guanidine groups is 1. The van der Waals surface area contributed by atoms with Crippen molar-refractivity contribution < 1.29 is 4.79 Å². The number of aliphatic imine (C=N–C) groups is 1. The fourth-order valence-electron chi connectivity index (χ4n) is 3.82. The second kappa shape index (κ2) is 8.38. The monoisotopic (exact) mass is 393 g/mol. The van der Waals surface area contributed by atoms with E-state index in [1.807, 2.05) is 24.2 Å². The Kier molecular flexibility index (Phi) is 5.50. The Morgan fingerprint density at radius 3 is 2.93 bits per heavy atom. The van der Waals surface area contributed by atoms with E-state index in [4.69, 9.17) is 0 Å². The lowest BCUT2D eigenvalue weighted by Gasteiger charge is -2.35. The number of aryl methyl sites for hydroxylation is 2. The number of fused-ring (bicyclic) bond motifs is 1. The Hall–Kier alpha value is -3.29.